The van der Waals surface area contributed by atoms with Gasteiger partial charge in [0.1, 0.15) is 5.69 Å². The molecule has 0 radical (unpaired) electrons. The number of thiazole rings is 1. The number of hydrogen-bond donors (Lipinski definition) is 3. The van der Waals surface area contributed by atoms with E-state index in [9.17, 15) is 18.0 Å². The number of H-pyrrole nitrogens is 1. The van der Waals surface area contributed by atoms with Gasteiger partial charge in [-0.15, -0.1) is 11.3 Å². The molecule has 8 nitrogen and oxygen atoms in total. The van der Waals surface area contributed by atoms with Gasteiger partial charge in [0, 0.05) is 22.8 Å². The molecule has 184 valence electrons. The molecule has 2 aromatic carbocycles. The van der Waals surface area contributed by atoms with E-state index in [1.54, 1.807) is 10.4 Å². The number of rotatable bonds is 5. The number of carboxylic acid groups (broad SMARTS) is 1. The number of nitrogens with one attached hydrogen (secondary N) is 2. The van der Waals surface area contributed by atoms with Crippen LogP contribution < -0.4 is 10.2 Å². The van der Waals surface area contributed by atoms with Gasteiger partial charge in [-0.25, -0.2) is 19.6 Å². The summed E-state index contributed by atoms with van der Waals surface area (Å²) in [6.45, 7) is 4.12. The molecule has 0 bridgehead atoms. The van der Waals surface area contributed by atoms with Crippen LogP contribution in [0.5, 0.6) is 0 Å². The monoisotopic (exact) mass is 505 g/mol. The van der Waals surface area contributed by atoms with Crippen LogP contribution in [-0.4, -0.2) is 44.3 Å². The van der Waals surface area contributed by atoms with Crippen LogP contribution in [0.1, 0.15) is 20.3 Å². The third-order valence-corrected chi connectivity index (χ3v) is 5.52. The molecule has 0 fully saturated rings. The minimum absolute atomic E-state index is 0.0767. The molecule has 12 heteroatoms. The number of benzene rings is 2. The van der Waals surface area contributed by atoms with Gasteiger partial charge in [-0.2, -0.15) is 13.2 Å². The first-order chi connectivity index (χ1) is 16.6. The van der Waals surface area contributed by atoms with Crippen LogP contribution in [0.2, 0.25) is 0 Å². The number of urea groups is 1. The number of alkyl halides is 3. The van der Waals surface area contributed by atoms with Crippen LogP contribution >= 0.6 is 11.3 Å². The van der Waals surface area contributed by atoms with Crippen molar-refractivity contribution in [3.63, 3.8) is 0 Å². The number of halogens is 3. The number of para-hydroxylation sites is 1. The molecule has 2 heterocycles. The lowest BCUT2D eigenvalue weighted by molar-refractivity contribution is -0.192. The Balaban J connectivity index is 0.000000429. The van der Waals surface area contributed by atoms with E-state index >= 15 is 0 Å². The van der Waals surface area contributed by atoms with E-state index in [1.165, 1.54) is 11.3 Å². The zero-order valence-electron chi connectivity index (χ0n) is 18.7. The van der Waals surface area contributed by atoms with Crippen LogP contribution in [0.3, 0.4) is 0 Å². The number of carbonyl (C=O) groups excluding carboxylic acids is 1. The van der Waals surface area contributed by atoms with Crippen molar-refractivity contribution in [1.29, 1.82) is 0 Å². The van der Waals surface area contributed by atoms with Crippen LogP contribution in [0.25, 0.3) is 22.6 Å². The number of aromatic amines is 1. The molecule has 2 aromatic heterocycles. The van der Waals surface area contributed by atoms with E-state index in [0.717, 1.165) is 34.7 Å². The van der Waals surface area contributed by atoms with Gasteiger partial charge in [0.15, 0.2) is 5.82 Å². The lowest BCUT2D eigenvalue weighted by atomic mass is 10.2. The Bertz CT molecular complexity index is 1280. The Labute approximate surface area is 202 Å². The largest absolute Gasteiger partial charge is 0.490 e. The number of aromatic nitrogens is 3. The number of nitrogens with zero attached hydrogens (tertiary/aromatic N) is 3. The molecule has 4 rings (SSSR count). The van der Waals surface area contributed by atoms with Gasteiger partial charge in [-0.05, 0) is 43.7 Å². The number of carboxylic acids is 1. The number of fused-ring (bicyclic) bond motifs is 1. The molecule has 1 atom stereocenters. The van der Waals surface area contributed by atoms with Crippen molar-refractivity contribution < 1.29 is 27.9 Å². The zero-order chi connectivity index (χ0) is 25.6. The van der Waals surface area contributed by atoms with E-state index in [2.05, 4.69) is 27.2 Å². The predicted molar refractivity (Wildman–Crippen MR) is 129 cm³/mol. The number of carbonyl (C=O) groups is 2. The second-order valence-electron chi connectivity index (χ2n) is 7.39. The van der Waals surface area contributed by atoms with E-state index < -0.39 is 12.1 Å². The highest BCUT2D eigenvalue weighted by Crippen LogP contribution is 2.24. The Morgan fingerprint density at radius 1 is 1.20 bits per heavy atom. The first kappa shape index (κ1) is 25.7. The minimum Gasteiger partial charge on any atom is -0.475 e. The first-order valence-electron chi connectivity index (χ1n) is 10.4. The smallest absolute Gasteiger partial charge is 0.475 e. The normalized spacial score (nSPS) is 11.9. The quantitative estimate of drug-likeness (QED) is 0.301. The molecule has 2 amide bonds. The number of amides is 2. The van der Waals surface area contributed by atoms with Crippen molar-refractivity contribution in [2.75, 3.05) is 10.2 Å². The van der Waals surface area contributed by atoms with Gasteiger partial charge < -0.3 is 15.4 Å². The third-order valence-electron chi connectivity index (χ3n) is 4.94. The molecule has 0 aliphatic rings. The average Bonchev–Trinajstić information content (AvgIpc) is 3.49. The Morgan fingerprint density at radius 2 is 1.89 bits per heavy atom. The van der Waals surface area contributed by atoms with E-state index in [0.29, 0.717) is 5.69 Å². The fraction of sp³-hybridized carbons (Fsp3) is 0.217. The van der Waals surface area contributed by atoms with Crippen molar-refractivity contribution in [3.05, 3.63) is 59.4 Å². The molecule has 4 aromatic rings. The van der Waals surface area contributed by atoms with Gasteiger partial charge in [0.05, 0.1) is 16.5 Å². The summed E-state index contributed by atoms with van der Waals surface area (Å²) >= 11 is 1.53. The summed E-state index contributed by atoms with van der Waals surface area (Å²) in [6, 6.07) is 15.3. The fourth-order valence-corrected chi connectivity index (χ4v) is 3.60. The number of imidazole rings is 1. The molecule has 0 aliphatic carbocycles. The molecule has 0 saturated carbocycles. The highest BCUT2D eigenvalue weighted by atomic mass is 32.1. The standard InChI is InChI=1S/C21H21N5OS.C2HF3O2/c1-3-14(2)26(16-7-5-4-6-8-16)21(27)23-15-9-10-17-18(11-15)25-20(24-17)19-12-28-13-22-19;3-2(4,5)1(6)7/h4-14H,3H2,1-2H3,(H,23,27)(H,24,25);(H,6,7). The third kappa shape index (κ3) is 6.57. The number of hydrogen-bond acceptors (Lipinski definition) is 5. The predicted octanol–water partition coefficient (Wildman–Crippen LogP) is 6.16. The Morgan fingerprint density at radius 3 is 2.46 bits per heavy atom. The summed E-state index contributed by atoms with van der Waals surface area (Å²) in [4.78, 5) is 35.9. The van der Waals surface area contributed by atoms with Gasteiger partial charge in [-0.1, -0.05) is 25.1 Å². The molecular formula is C23H22F3N5O3S. The average molecular weight is 506 g/mol. The summed E-state index contributed by atoms with van der Waals surface area (Å²) in [7, 11) is 0. The maximum atomic E-state index is 13.0. The maximum Gasteiger partial charge on any atom is 0.490 e. The topological polar surface area (TPSA) is 111 Å². The molecule has 0 spiro atoms. The van der Waals surface area contributed by atoms with Gasteiger partial charge in [0.25, 0.3) is 0 Å². The fourth-order valence-electron chi connectivity index (χ4n) is 3.06. The number of anilines is 2. The van der Waals surface area contributed by atoms with E-state index in [-0.39, 0.29) is 12.1 Å². The molecule has 35 heavy (non-hydrogen) atoms. The molecule has 1 unspecified atom stereocenters. The lowest BCUT2D eigenvalue weighted by Crippen LogP contribution is -2.41. The number of aliphatic carboxylic acids is 1. The van der Waals surface area contributed by atoms with Crippen LogP contribution in [0.15, 0.2) is 59.4 Å². The second-order valence-corrected chi connectivity index (χ2v) is 8.11. The lowest BCUT2D eigenvalue weighted by Gasteiger charge is -2.28. The van der Waals surface area contributed by atoms with E-state index in [4.69, 9.17) is 9.90 Å². The Hall–Kier alpha value is -3.93. The Kier molecular flexibility index (Phi) is 8.07. The second kappa shape index (κ2) is 11.0. The SMILES string of the molecule is CCC(C)N(C(=O)Nc1ccc2[nH]c(-c3cscn3)nc2c1)c1ccccc1.O=C(O)C(F)(F)F. The summed E-state index contributed by atoms with van der Waals surface area (Å²) in [6.07, 6.45) is -4.22. The van der Waals surface area contributed by atoms with Crippen molar-refractivity contribution in [2.45, 2.75) is 32.5 Å². The summed E-state index contributed by atoms with van der Waals surface area (Å²) in [5, 5.41) is 12.1. The van der Waals surface area contributed by atoms with Crippen LogP contribution in [-0.2, 0) is 4.79 Å². The minimum atomic E-state index is -5.08. The summed E-state index contributed by atoms with van der Waals surface area (Å²) in [5.74, 6) is -2.03. The summed E-state index contributed by atoms with van der Waals surface area (Å²) in [5.41, 5.74) is 5.87. The molecule has 0 saturated heterocycles. The van der Waals surface area contributed by atoms with Crippen molar-refractivity contribution >= 4 is 45.7 Å². The first-order valence-corrected chi connectivity index (χ1v) is 11.4. The molecule has 0 aliphatic heterocycles. The highest BCUT2D eigenvalue weighted by Gasteiger charge is 2.38. The van der Waals surface area contributed by atoms with Gasteiger partial charge in [0.2, 0.25) is 0 Å². The van der Waals surface area contributed by atoms with Crippen molar-refractivity contribution in [1.82, 2.24) is 15.0 Å². The summed E-state index contributed by atoms with van der Waals surface area (Å²) < 4.78 is 31.7. The molecule has 3 N–H and O–H groups in total. The van der Waals surface area contributed by atoms with E-state index in [1.807, 2.05) is 60.8 Å². The van der Waals surface area contributed by atoms with Crippen LogP contribution in [0.4, 0.5) is 29.3 Å². The highest BCUT2D eigenvalue weighted by molar-refractivity contribution is 7.07. The van der Waals surface area contributed by atoms with Gasteiger partial charge >= 0.3 is 18.2 Å². The van der Waals surface area contributed by atoms with Crippen LogP contribution in [0, 0.1) is 0 Å². The van der Waals surface area contributed by atoms with Crippen molar-refractivity contribution in [2.24, 2.45) is 0 Å². The van der Waals surface area contributed by atoms with Crippen molar-refractivity contribution in [3.8, 4) is 11.5 Å². The zero-order valence-corrected chi connectivity index (χ0v) is 19.5. The molecular weight excluding hydrogens is 483 g/mol. The maximum absolute atomic E-state index is 13.0. The van der Waals surface area contributed by atoms with Gasteiger partial charge in [-0.3, -0.25) is 4.90 Å².